The lowest BCUT2D eigenvalue weighted by Crippen LogP contribution is -2.38. The maximum absolute atomic E-state index is 9.16. The van der Waals surface area contributed by atoms with E-state index in [0.717, 1.165) is 49.7 Å². The maximum Gasteiger partial charge on any atom is 0.153 e. The van der Waals surface area contributed by atoms with Crippen LogP contribution < -0.4 is 31.6 Å². The van der Waals surface area contributed by atoms with Gasteiger partial charge in [0.05, 0.1) is 35.0 Å². The number of hydrogen-bond acceptors (Lipinski definition) is 15. The highest BCUT2D eigenvalue weighted by molar-refractivity contribution is 6.32. The van der Waals surface area contributed by atoms with Crippen molar-refractivity contribution in [2.24, 2.45) is 5.16 Å². The number of aromatic nitrogens is 4. The Morgan fingerprint density at radius 2 is 1.28 bits per heavy atom. The van der Waals surface area contributed by atoms with Crippen molar-refractivity contribution in [2.75, 3.05) is 61.6 Å². The number of nitrogens with one attached hydrogen (secondary N) is 2. The van der Waals surface area contributed by atoms with Crippen molar-refractivity contribution in [1.29, 1.82) is 5.26 Å². The van der Waals surface area contributed by atoms with Gasteiger partial charge in [-0.2, -0.15) is 5.26 Å². The van der Waals surface area contributed by atoms with E-state index in [2.05, 4.69) is 40.6 Å². The molecule has 4 aromatic carbocycles. The molecule has 0 aliphatic carbocycles. The molecule has 0 spiro atoms. The molecule has 6 N–H and O–H groups in total. The van der Waals surface area contributed by atoms with E-state index >= 15 is 0 Å². The van der Waals surface area contributed by atoms with Crippen molar-refractivity contribution in [2.45, 2.75) is 13.2 Å². The third-order valence-corrected chi connectivity index (χ3v) is 9.22. The maximum atomic E-state index is 9.16. The highest BCUT2D eigenvalue weighted by Crippen LogP contribution is 2.32. The van der Waals surface area contributed by atoms with Crippen LogP contribution in [0.25, 0.3) is 0 Å². The molecule has 0 unspecified atom stereocenters. The Morgan fingerprint density at radius 3 is 1.83 bits per heavy atom. The highest BCUT2D eigenvalue weighted by atomic mass is 35.5. The molecule has 3 heterocycles. The Bertz CT molecular complexity index is 2350. The second kappa shape index (κ2) is 23.2. The van der Waals surface area contributed by atoms with Crippen LogP contribution in [0, 0.1) is 11.3 Å². The number of oxime groups is 1. The number of ether oxygens (including phenoxy) is 3. The molecule has 1 aliphatic rings. The number of nitrogens with two attached hydrogens (primary N) is 2. The largest absolute Gasteiger partial charge is 0.487 e. The Labute approximate surface area is 363 Å². The first kappa shape index (κ1) is 44.7. The lowest BCUT2D eigenvalue weighted by atomic mass is 10.2. The number of anilines is 6. The van der Waals surface area contributed by atoms with Gasteiger partial charge in [0, 0.05) is 31.0 Å². The molecule has 18 heteroatoms. The van der Waals surface area contributed by atoms with Crippen LogP contribution in [0.3, 0.4) is 0 Å². The molecule has 0 amide bonds. The Morgan fingerprint density at radius 1 is 0.750 bits per heavy atom. The average Bonchev–Trinajstić information content (AvgIpc) is 3.25. The number of morpholine rings is 1. The number of nitriles is 1. The van der Waals surface area contributed by atoms with Crippen LogP contribution in [0.5, 0.6) is 11.5 Å². The standard InChI is InChI=1S/C24H27ClN6O3.C18H14ClN5O.ClH/c25-21-14-19(6-7-22(21)33-16-18-4-2-1-3-5-18)30-24-20(23(26)27-17-28-24)15-29-34-13-10-31-8-11-32-12-9-31;19-15-8-13(24-18-14(9-20)17(21)22-11-23-18)6-7-16(15)25-10-12-4-2-1-3-5-12;/h1-7,14-15,17H,8-13,16H2,(H3,26,27,28,30);1-8,11H,10H2,(H3,21,22,23,24);1H/b29-15+;;. The summed E-state index contributed by atoms with van der Waals surface area (Å²) in [4.78, 5) is 23.8. The van der Waals surface area contributed by atoms with Crippen LogP contribution >= 0.6 is 35.6 Å². The predicted octanol–water partition coefficient (Wildman–Crippen LogP) is 8.05. The minimum atomic E-state index is 0. The van der Waals surface area contributed by atoms with E-state index < -0.39 is 0 Å². The predicted molar refractivity (Wildman–Crippen MR) is 237 cm³/mol. The molecule has 0 saturated carbocycles. The summed E-state index contributed by atoms with van der Waals surface area (Å²) in [5.41, 5.74) is 15.9. The minimum Gasteiger partial charge on any atom is -0.487 e. The summed E-state index contributed by atoms with van der Waals surface area (Å²) in [6.45, 7) is 5.41. The molecule has 1 saturated heterocycles. The van der Waals surface area contributed by atoms with E-state index in [1.807, 2.05) is 72.8 Å². The first-order valence-electron chi connectivity index (χ1n) is 18.4. The number of benzene rings is 4. The van der Waals surface area contributed by atoms with Crippen LogP contribution in [-0.2, 0) is 22.8 Å². The topological polar surface area (TPSA) is 204 Å². The number of hydrogen-bond donors (Lipinski definition) is 4. The van der Waals surface area contributed by atoms with Crippen molar-refractivity contribution in [1.82, 2.24) is 24.8 Å². The van der Waals surface area contributed by atoms with E-state index in [9.17, 15) is 0 Å². The molecule has 0 bridgehead atoms. The van der Waals surface area contributed by atoms with E-state index in [1.165, 1.54) is 18.9 Å². The first-order chi connectivity index (χ1) is 28.9. The summed E-state index contributed by atoms with van der Waals surface area (Å²) in [5, 5.41) is 20.3. The van der Waals surface area contributed by atoms with Gasteiger partial charge in [-0.3, -0.25) is 4.90 Å². The summed E-state index contributed by atoms with van der Waals surface area (Å²) in [6.07, 6.45) is 4.18. The van der Waals surface area contributed by atoms with Gasteiger partial charge >= 0.3 is 0 Å². The van der Waals surface area contributed by atoms with Crippen molar-refractivity contribution in [3.8, 4) is 17.6 Å². The summed E-state index contributed by atoms with van der Waals surface area (Å²) in [7, 11) is 0. The number of rotatable bonds is 15. The van der Waals surface area contributed by atoms with Gasteiger partial charge < -0.3 is 41.1 Å². The molecule has 7 rings (SSSR count). The van der Waals surface area contributed by atoms with Crippen LogP contribution in [-0.4, -0.2) is 70.5 Å². The van der Waals surface area contributed by atoms with Crippen molar-refractivity contribution in [3.05, 3.63) is 142 Å². The Kier molecular flexibility index (Phi) is 17.3. The second-order valence-corrected chi connectivity index (χ2v) is 13.5. The van der Waals surface area contributed by atoms with Crippen LogP contribution in [0.1, 0.15) is 22.3 Å². The first-order valence-corrected chi connectivity index (χ1v) is 19.1. The third-order valence-electron chi connectivity index (χ3n) is 8.63. The van der Waals surface area contributed by atoms with Gasteiger partial charge in [0.15, 0.2) is 5.82 Å². The zero-order valence-electron chi connectivity index (χ0n) is 32.2. The van der Waals surface area contributed by atoms with E-state index in [1.54, 1.807) is 30.3 Å². The highest BCUT2D eigenvalue weighted by Gasteiger charge is 2.13. The van der Waals surface area contributed by atoms with E-state index in [-0.39, 0.29) is 29.6 Å². The fourth-order valence-electron chi connectivity index (χ4n) is 5.51. The van der Waals surface area contributed by atoms with Crippen molar-refractivity contribution in [3.63, 3.8) is 0 Å². The second-order valence-electron chi connectivity index (χ2n) is 12.7. The summed E-state index contributed by atoms with van der Waals surface area (Å²) in [6, 6.07) is 32.3. The normalized spacial score (nSPS) is 12.3. The molecule has 1 aliphatic heterocycles. The smallest absolute Gasteiger partial charge is 0.153 e. The Balaban J connectivity index is 0.000000234. The van der Waals surface area contributed by atoms with Gasteiger partial charge in [0.2, 0.25) is 0 Å². The lowest BCUT2D eigenvalue weighted by molar-refractivity contribution is 0.0214. The summed E-state index contributed by atoms with van der Waals surface area (Å²) < 4.78 is 16.9. The van der Waals surface area contributed by atoms with Gasteiger partial charge in [-0.05, 0) is 47.5 Å². The molecule has 15 nitrogen and oxygen atoms in total. The fraction of sp³-hybridized carbons (Fsp3) is 0.190. The van der Waals surface area contributed by atoms with Gasteiger partial charge in [-0.25, -0.2) is 19.9 Å². The zero-order chi connectivity index (χ0) is 41.2. The summed E-state index contributed by atoms with van der Waals surface area (Å²) in [5.74, 6) is 2.37. The fourth-order valence-corrected chi connectivity index (χ4v) is 5.98. The van der Waals surface area contributed by atoms with Crippen LogP contribution in [0.4, 0.5) is 34.6 Å². The van der Waals surface area contributed by atoms with E-state index in [4.69, 9.17) is 59.0 Å². The van der Waals surface area contributed by atoms with Crippen molar-refractivity contribution >= 4 is 76.5 Å². The van der Waals surface area contributed by atoms with E-state index in [0.29, 0.717) is 64.3 Å². The molecular weight excluding hydrogens is 829 g/mol. The molecule has 310 valence electrons. The van der Waals surface area contributed by atoms with Crippen LogP contribution in [0.15, 0.2) is 115 Å². The summed E-state index contributed by atoms with van der Waals surface area (Å²) >= 11 is 12.7. The average molecular weight is 871 g/mol. The van der Waals surface area contributed by atoms with Crippen molar-refractivity contribution < 1.29 is 19.0 Å². The van der Waals surface area contributed by atoms with Gasteiger partial charge in [-0.1, -0.05) is 89.0 Å². The zero-order valence-corrected chi connectivity index (χ0v) is 34.5. The number of halogens is 3. The van der Waals surface area contributed by atoms with Gasteiger partial charge in [0.25, 0.3) is 0 Å². The number of nitrogen functional groups attached to an aromatic ring is 2. The molecule has 2 aromatic heterocycles. The molecule has 6 aromatic rings. The van der Waals surface area contributed by atoms with Gasteiger partial charge in [0.1, 0.15) is 73.1 Å². The monoisotopic (exact) mass is 869 g/mol. The molecule has 1 fully saturated rings. The third kappa shape index (κ3) is 13.3. The number of nitrogens with zero attached hydrogens (tertiary/aromatic N) is 7. The minimum absolute atomic E-state index is 0. The molecule has 0 atom stereocenters. The lowest BCUT2D eigenvalue weighted by Gasteiger charge is -2.25. The molecule has 60 heavy (non-hydrogen) atoms. The molecular formula is C42H42Cl3N11O4. The quantitative estimate of drug-likeness (QED) is 0.0438. The van der Waals surface area contributed by atoms with Crippen LogP contribution in [0.2, 0.25) is 10.0 Å². The SMILES string of the molecule is Cl.N#Cc1c(N)ncnc1Nc1ccc(OCc2ccccc2)c(Cl)c1.Nc1ncnc(Nc2ccc(OCc3ccccc3)c(Cl)c2)c1/C=N/OCCN1CCOCC1. The van der Waals surface area contributed by atoms with Gasteiger partial charge in [-0.15, -0.1) is 12.4 Å². The Hall–Kier alpha value is -6.41. The molecule has 0 radical (unpaired) electrons.